The van der Waals surface area contributed by atoms with Crippen molar-refractivity contribution in [2.24, 2.45) is 5.73 Å². The number of hydrogen-bond acceptors (Lipinski definition) is 3. The molecule has 1 aromatic carbocycles. The van der Waals surface area contributed by atoms with Crippen LogP contribution in [0.2, 0.25) is 0 Å². The van der Waals surface area contributed by atoms with Gasteiger partial charge in [0, 0.05) is 20.0 Å². The summed E-state index contributed by atoms with van der Waals surface area (Å²) in [4.78, 5) is 13.2. The Morgan fingerprint density at radius 2 is 2.00 bits per heavy atom. The van der Waals surface area contributed by atoms with Gasteiger partial charge < -0.3 is 15.4 Å². The number of halogens is 2. The van der Waals surface area contributed by atoms with Crippen LogP contribution in [0.4, 0.5) is 8.78 Å². The van der Waals surface area contributed by atoms with Gasteiger partial charge in [0.25, 0.3) is 5.91 Å². The number of carbonyl (C=O) groups excluding carboxylic acids is 1. The van der Waals surface area contributed by atoms with Crippen molar-refractivity contribution in [3.63, 3.8) is 0 Å². The molecule has 7 heteroatoms. The van der Waals surface area contributed by atoms with Crippen LogP contribution in [0.15, 0.2) is 18.2 Å². The average Bonchev–Trinajstić information content (AvgIpc) is 2.35. The fourth-order valence-electron chi connectivity index (χ4n) is 1.27. The van der Waals surface area contributed by atoms with E-state index in [2.05, 4.69) is 12.2 Å². The van der Waals surface area contributed by atoms with E-state index >= 15 is 0 Å². The summed E-state index contributed by atoms with van der Waals surface area (Å²) in [5.41, 5.74) is 5.31. The molecule has 19 heavy (non-hydrogen) atoms. The molecule has 0 heterocycles. The quantitative estimate of drug-likeness (QED) is 0.806. The van der Waals surface area contributed by atoms with Crippen molar-refractivity contribution >= 4 is 23.1 Å². The lowest BCUT2D eigenvalue weighted by atomic mass is 10.3. The summed E-state index contributed by atoms with van der Waals surface area (Å²) in [7, 11) is 1.53. The molecule has 0 fully saturated rings. The SMILES string of the molecule is CN(CCC(N)=S)C(=O)COc1c(F)cccc1F. The second-order valence-corrected chi connectivity index (χ2v) is 4.40. The summed E-state index contributed by atoms with van der Waals surface area (Å²) in [5, 5.41) is 0. The van der Waals surface area contributed by atoms with Gasteiger partial charge in [0.15, 0.2) is 24.0 Å². The molecular weight excluding hydrogens is 274 g/mol. The van der Waals surface area contributed by atoms with Crippen LogP contribution in [0.5, 0.6) is 5.75 Å². The Labute approximate surface area is 115 Å². The van der Waals surface area contributed by atoms with Gasteiger partial charge in [0.2, 0.25) is 0 Å². The molecule has 0 radical (unpaired) electrons. The number of hydrogen-bond donors (Lipinski definition) is 1. The summed E-state index contributed by atoms with van der Waals surface area (Å²) < 4.78 is 31.3. The minimum Gasteiger partial charge on any atom is -0.478 e. The third-order valence-electron chi connectivity index (χ3n) is 2.38. The van der Waals surface area contributed by atoms with E-state index in [0.717, 1.165) is 12.1 Å². The van der Waals surface area contributed by atoms with Crippen molar-refractivity contribution in [3.05, 3.63) is 29.8 Å². The molecule has 0 aromatic heterocycles. The van der Waals surface area contributed by atoms with Gasteiger partial charge >= 0.3 is 0 Å². The van der Waals surface area contributed by atoms with Crippen LogP contribution in [0, 0.1) is 11.6 Å². The van der Waals surface area contributed by atoms with Crippen LogP contribution < -0.4 is 10.5 Å². The highest BCUT2D eigenvalue weighted by molar-refractivity contribution is 7.80. The highest BCUT2D eigenvalue weighted by Crippen LogP contribution is 2.20. The molecule has 104 valence electrons. The van der Waals surface area contributed by atoms with E-state index in [1.807, 2.05) is 0 Å². The highest BCUT2D eigenvalue weighted by Gasteiger charge is 2.14. The molecule has 0 aliphatic heterocycles. The third kappa shape index (κ3) is 4.78. The van der Waals surface area contributed by atoms with Crippen molar-refractivity contribution in [2.45, 2.75) is 6.42 Å². The number of likely N-dealkylation sites (N-methyl/N-ethyl adjacent to an activating group) is 1. The van der Waals surface area contributed by atoms with Gasteiger partial charge in [-0.3, -0.25) is 4.79 Å². The normalized spacial score (nSPS) is 10.1. The molecule has 0 spiro atoms. The van der Waals surface area contributed by atoms with Gasteiger partial charge in [-0.25, -0.2) is 8.78 Å². The Balaban J connectivity index is 2.52. The monoisotopic (exact) mass is 288 g/mol. The zero-order chi connectivity index (χ0) is 14.4. The smallest absolute Gasteiger partial charge is 0.260 e. The maximum absolute atomic E-state index is 13.2. The number of amides is 1. The summed E-state index contributed by atoms with van der Waals surface area (Å²) in [6.45, 7) is -0.122. The molecule has 0 unspecified atom stereocenters. The number of benzene rings is 1. The number of carbonyl (C=O) groups is 1. The second kappa shape index (κ2) is 6.98. The number of nitrogens with two attached hydrogens (primary N) is 1. The summed E-state index contributed by atoms with van der Waals surface area (Å²) in [6.07, 6.45) is 0.381. The van der Waals surface area contributed by atoms with Crippen LogP contribution in [-0.2, 0) is 4.79 Å². The Kier molecular flexibility index (Phi) is 5.62. The Hall–Kier alpha value is -1.76. The standard InChI is InChI=1S/C12H14F2N2O2S/c1-16(6-5-10(15)19)11(17)7-18-12-8(13)3-2-4-9(12)14/h2-4H,5-7H2,1H3,(H2,15,19). The zero-order valence-corrected chi connectivity index (χ0v) is 11.2. The van der Waals surface area contributed by atoms with E-state index in [9.17, 15) is 13.6 Å². The maximum atomic E-state index is 13.2. The van der Waals surface area contributed by atoms with E-state index in [1.54, 1.807) is 0 Å². The molecule has 0 aliphatic carbocycles. The Morgan fingerprint density at radius 1 is 1.42 bits per heavy atom. The average molecular weight is 288 g/mol. The molecule has 1 aromatic rings. The third-order valence-corrected chi connectivity index (χ3v) is 2.58. The predicted octanol–water partition coefficient (Wildman–Crippen LogP) is 1.48. The van der Waals surface area contributed by atoms with Gasteiger partial charge in [-0.15, -0.1) is 0 Å². The Morgan fingerprint density at radius 3 is 2.53 bits per heavy atom. The maximum Gasteiger partial charge on any atom is 0.260 e. The first-order chi connectivity index (χ1) is 8.91. The molecule has 0 bridgehead atoms. The van der Waals surface area contributed by atoms with Crippen LogP contribution in [0.1, 0.15) is 6.42 Å². The van der Waals surface area contributed by atoms with Crippen LogP contribution in [-0.4, -0.2) is 36.0 Å². The van der Waals surface area contributed by atoms with Crippen LogP contribution >= 0.6 is 12.2 Å². The topological polar surface area (TPSA) is 55.6 Å². The molecule has 1 amide bonds. The number of ether oxygens (including phenoxy) is 1. The van der Waals surface area contributed by atoms with Gasteiger partial charge in [-0.05, 0) is 12.1 Å². The van der Waals surface area contributed by atoms with Crippen molar-refractivity contribution in [3.8, 4) is 5.75 Å². The van der Waals surface area contributed by atoms with Crippen LogP contribution in [0.25, 0.3) is 0 Å². The van der Waals surface area contributed by atoms with E-state index in [0.29, 0.717) is 18.0 Å². The molecule has 0 saturated carbocycles. The zero-order valence-electron chi connectivity index (χ0n) is 10.4. The lowest BCUT2D eigenvalue weighted by Crippen LogP contribution is -2.33. The Bertz CT molecular complexity index is 463. The minimum atomic E-state index is -0.849. The molecule has 0 aliphatic rings. The first kappa shape index (κ1) is 15.3. The molecule has 4 nitrogen and oxygen atoms in total. The molecule has 0 saturated heterocycles. The highest BCUT2D eigenvalue weighted by atomic mass is 32.1. The first-order valence-corrected chi connectivity index (χ1v) is 5.91. The van der Waals surface area contributed by atoms with Gasteiger partial charge in [-0.1, -0.05) is 18.3 Å². The van der Waals surface area contributed by atoms with E-state index < -0.39 is 29.9 Å². The largest absolute Gasteiger partial charge is 0.478 e. The first-order valence-electron chi connectivity index (χ1n) is 5.51. The minimum absolute atomic E-state index is 0.292. The van der Waals surface area contributed by atoms with Gasteiger partial charge in [-0.2, -0.15) is 0 Å². The summed E-state index contributed by atoms with van der Waals surface area (Å²) in [5.74, 6) is -2.67. The number of nitrogens with zero attached hydrogens (tertiary/aromatic N) is 1. The van der Waals surface area contributed by atoms with Crippen molar-refractivity contribution in [1.29, 1.82) is 0 Å². The van der Waals surface area contributed by atoms with Crippen molar-refractivity contribution in [2.75, 3.05) is 20.2 Å². The molecular formula is C12H14F2N2O2S. The number of rotatable bonds is 6. The summed E-state index contributed by atoms with van der Waals surface area (Å²) in [6, 6.07) is 3.33. The van der Waals surface area contributed by atoms with Crippen molar-refractivity contribution in [1.82, 2.24) is 4.90 Å². The van der Waals surface area contributed by atoms with Gasteiger partial charge in [0.05, 0.1) is 4.99 Å². The lowest BCUT2D eigenvalue weighted by molar-refractivity contribution is -0.132. The fraction of sp³-hybridized carbons (Fsp3) is 0.333. The van der Waals surface area contributed by atoms with Crippen molar-refractivity contribution < 1.29 is 18.3 Å². The molecule has 2 N–H and O–H groups in total. The van der Waals surface area contributed by atoms with Gasteiger partial charge in [0.1, 0.15) is 0 Å². The molecule has 1 rings (SSSR count). The van der Waals surface area contributed by atoms with Crippen LogP contribution in [0.3, 0.4) is 0 Å². The molecule has 0 atom stereocenters. The summed E-state index contributed by atoms with van der Waals surface area (Å²) >= 11 is 4.69. The van der Waals surface area contributed by atoms with E-state index in [1.165, 1.54) is 18.0 Å². The second-order valence-electron chi connectivity index (χ2n) is 3.87. The van der Waals surface area contributed by atoms with E-state index in [-0.39, 0.29) is 0 Å². The fourth-order valence-corrected chi connectivity index (χ4v) is 1.36. The predicted molar refractivity (Wildman–Crippen MR) is 70.9 cm³/mol. The number of thiocarbonyl (C=S) groups is 1. The number of para-hydroxylation sites is 1. The lowest BCUT2D eigenvalue weighted by Gasteiger charge is -2.17. The van der Waals surface area contributed by atoms with E-state index in [4.69, 9.17) is 10.5 Å².